The molecule has 5 heteroatoms. The highest BCUT2D eigenvalue weighted by Gasteiger charge is 2.07. The Morgan fingerprint density at radius 3 is 2.71 bits per heavy atom. The second-order valence-corrected chi connectivity index (χ2v) is 6.34. The number of benzene rings is 2. The lowest BCUT2D eigenvalue weighted by Crippen LogP contribution is -2.31. The van der Waals surface area contributed by atoms with E-state index in [4.69, 9.17) is 12.2 Å². The van der Waals surface area contributed by atoms with E-state index in [1.54, 1.807) is 0 Å². The fourth-order valence-corrected chi connectivity index (χ4v) is 3.02. The zero-order valence-corrected chi connectivity index (χ0v) is 15.1. The van der Waals surface area contributed by atoms with Crippen molar-refractivity contribution in [3.05, 3.63) is 59.4 Å². The number of thiocarbonyl (C=S) groups is 1. The molecule has 124 valence electrons. The average molecular weight is 338 g/mol. The minimum atomic E-state index is 0.644. The van der Waals surface area contributed by atoms with Crippen molar-refractivity contribution in [3.63, 3.8) is 0 Å². The van der Waals surface area contributed by atoms with Crippen LogP contribution < -0.4 is 10.6 Å². The van der Waals surface area contributed by atoms with Crippen molar-refractivity contribution in [1.82, 2.24) is 14.9 Å². The van der Waals surface area contributed by atoms with Crippen molar-refractivity contribution in [1.29, 1.82) is 0 Å². The van der Waals surface area contributed by atoms with Gasteiger partial charge in [-0.1, -0.05) is 24.3 Å². The van der Waals surface area contributed by atoms with E-state index in [2.05, 4.69) is 46.2 Å². The molecule has 0 atom stereocenters. The Labute approximate surface area is 147 Å². The van der Waals surface area contributed by atoms with Gasteiger partial charge in [-0.2, -0.15) is 0 Å². The molecule has 0 unspecified atom stereocenters. The third-order valence-electron chi connectivity index (χ3n) is 4.32. The van der Waals surface area contributed by atoms with Gasteiger partial charge < -0.3 is 15.2 Å². The summed E-state index contributed by atoms with van der Waals surface area (Å²) in [4.78, 5) is 4.59. The van der Waals surface area contributed by atoms with E-state index in [0.29, 0.717) is 5.11 Å². The van der Waals surface area contributed by atoms with Crippen LogP contribution in [-0.4, -0.2) is 21.2 Å². The van der Waals surface area contributed by atoms with Gasteiger partial charge in [0.25, 0.3) is 0 Å². The van der Waals surface area contributed by atoms with Crippen molar-refractivity contribution in [2.45, 2.75) is 27.3 Å². The van der Waals surface area contributed by atoms with Crippen LogP contribution in [0.15, 0.2) is 42.5 Å². The smallest absolute Gasteiger partial charge is 0.170 e. The number of aromatic nitrogens is 2. The zero-order valence-electron chi connectivity index (χ0n) is 14.3. The van der Waals surface area contributed by atoms with Crippen LogP contribution in [0, 0.1) is 20.8 Å². The summed E-state index contributed by atoms with van der Waals surface area (Å²) in [5.41, 5.74) is 5.72. The lowest BCUT2D eigenvalue weighted by Gasteiger charge is -2.14. The molecule has 0 aliphatic carbocycles. The molecule has 0 bridgehead atoms. The van der Waals surface area contributed by atoms with Gasteiger partial charge in [0.2, 0.25) is 0 Å². The SMILES string of the molecule is Cc1cccc(NC(=S)NCCn2c(C)nc3ccccc32)c1C. The number of aryl methyl sites for hydroxylation is 2. The Balaban J connectivity index is 1.60. The summed E-state index contributed by atoms with van der Waals surface area (Å²) in [5.74, 6) is 1.02. The molecule has 1 aromatic heterocycles. The summed E-state index contributed by atoms with van der Waals surface area (Å²) in [7, 11) is 0. The standard InChI is InChI=1S/C19H22N4S/c1-13-7-6-9-16(14(13)2)22-19(24)20-11-12-23-15(3)21-17-8-4-5-10-18(17)23/h4-10H,11-12H2,1-3H3,(H2,20,22,24). The van der Waals surface area contributed by atoms with Crippen LogP contribution in [0.3, 0.4) is 0 Å². The van der Waals surface area contributed by atoms with E-state index in [0.717, 1.165) is 35.6 Å². The predicted octanol–water partition coefficient (Wildman–Crippen LogP) is 3.95. The molecule has 0 radical (unpaired) electrons. The number of hydrogen-bond acceptors (Lipinski definition) is 2. The zero-order chi connectivity index (χ0) is 17.1. The summed E-state index contributed by atoms with van der Waals surface area (Å²) >= 11 is 5.42. The van der Waals surface area contributed by atoms with Crippen LogP contribution in [0.2, 0.25) is 0 Å². The molecule has 3 aromatic rings. The summed E-state index contributed by atoms with van der Waals surface area (Å²) in [6.45, 7) is 7.80. The molecule has 0 fully saturated rings. The number of rotatable bonds is 4. The Morgan fingerprint density at radius 1 is 1.08 bits per heavy atom. The van der Waals surface area contributed by atoms with Gasteiger partial charge in [-0.25, -0.2) is 4.98 Å². The Kier molecular flexibility index (Phi) is 4.81. The first-order valence-electron chi connectivity index (χ1n) is 8.09. The van der Waals surface area contributed by atoms with E-state index in [1.165, 1.54) is 11.1 Å². The number of fused-ring (bicyclic) bond motifs is 1. The number of hydrogen-bond donors (Lipinski definition) is 2. The van der Waals surface area contributed by atoms with Gasteiger partial charge in [0.15, 0.2) is 5.11 Å². The largest absolute Gasteiger partial charge is 0.361 e. The highest BCUT2D eigenvalue weighted by atomic mass is 32.1. The van der Waals surface area contributed by atoms with Crippen molar-refractivity contribution in [2.24, 2.45) is 0 Å². The molecule has 3 rings (SSSR count). The summed E-state index contributed by atoms with van der Waals surface area (Å²) in [6, 6.07) is 14.4. The molecule has 0 aliphatic heterocycles. The first-order chi connectivity index (χ1) is 11.6. The molecular formula is C19H22N4S. The summed E-state index contributed by atoms with van der Waals surface area (Å²) < 4.78 is 2.21. The molecule has 2 aromatic carbocycles. The Bertz CT molecular complexity index is 882. The van der Waals surface area contributed by atoms with Crippen LogP contribution in [-0.2, 0) is 6.54 Å². The van der Waals surface area contributed by atoms with E-state index in [-0.39, 0.29) is 0 Å². The third-order valence-corrected chi connectivity index (χ3v) is 4.57. The average Bonchev–Trinajstić information content (AvgIpc) is 2.88. The van der Waals surface area contributed by atoms with E-state index >= 15 is 0 Å². The molecule has 2 N–H and O–H groups in total. The third kappa shape index (κ3) is 3.41. The molecule has 0 spiro atoms. The monoisotopic (exact) mass is 338 g/mol. The summed E-state index contributed by atoms with van der Waals surface area (Å²) in [5, 5.41) is 7.20. The predicted molar refractivity (Wildman–Crippen MR) is 105 cm³/mol. The normalized spacial score (nSPS) is 10.8. The number of nitrogens with one attached hydrogen (secondary N) is 2. The van der Waals surface area contributed by atoms with Gasteiger partial charge in [-0.3, -0.25) is 0 Å². The molecule has 1 heterocycles. The van der Waals surface area contributed by atoms with Crippen LogP contribution >= 0.6 is 12.2 Å². The second kappa shape index (κ2) is 7.01. The topological polar surface area (TPSA) is 41.9 Å². The fraction of sp³-hybridized carbons (Fsp3) is 0.263. The van der Waals surface area contributed by atoms with Gasteiger partial charge in [0.1, 0.15) is 5.82 Å². The van der Waals surface area contributed by atoms with Gasteiger partial charge in [-0.15, -0.1) is 0 Å². The van der Waals surface area contributed by atoms with Gasteiger partial charge in [0.05, 0.1) is 11.0 Å². The highest BCUT2D eigenvalue weighted by molar-refractivity contribution is 7.80. The lowest BCUT2D eigenvalue weighted by atomic mass is 10.1. The Hall–Kier alpha value is -2.40. The van der Waals surface area contributed by atoms with Crippen LogP contribution in [0.4, 0.5) is 5.69 Å². The minimum Gasteiger partial charge on any atom is -0.361 e. The second-order valence-electron chi connectivity index (χ2n) is 5.93. The van der Waals surface area contributed by atoms with E-state index in [1.807, 2.05) is 37.3 Å². The minimum absolute atomic E-state index is 0.644. The van der Waals surface area contributed by atoms with Gasteiger partial charge >= 0.3 is 0 Å². The maximum atomic E-state index is 5.42. The number of anilines is 1. The number of para-hydroxylation sites is 2. The maximum absolute atomic E-state index is 5.42. The first kappa shape index (κ1) is 16.5. The van der Waals surface area contributed by atoms with Crippen molar-refractivity contribution >= 4 is 34.1 Å². The molecule has 0 amide bonds. The molecular weight excluding hydrogens is 316 g/mol. The number of imidazole rings is 1. The van der Waals surface area contributed by atoms with Crippen LogP contribution in [0.1, 0.15) is 17.0 Å². The number of nitrogens with zero attached hydrogens (tertiary/aromatic N) is 2. The van der Waals surface area contributed by atoms with Crippen LogP contribution in [0.5, 0.6) is 0 Å². The maximum Gasteiger partial charge on any atom is 0.170 e. The lowest BCUT2D eigenvalue weighted by molar-refractivity contribution is 0.673. The highest BCUT2D eigenvalue weighted by Crippen LogP contribution is 2.18. The molecule has 24 heavy (non-hydrogen) atoms. The molecule has 0 saturated heterocycles. The first-order valence-corrected chi connectivity index (χ1v) is 8.50. The van der Waals surface area contributed by atoms with Crippen LogP contribution in [0.25, 0.3) is 11.0 Å². The van der Waals surface area contributed by atoms with Crippen molar-refractivity contribution in [3.8, 4) is 0 Å². The van der Waals surface area contributed by atoms with Crippen molar-refractivity contribution in [2.75, 3.05) is 11.9 Å². The van der Waals surface area contributed by atoms with Gasteiger partial charge in [0, 0.05) is 18.8 Å². The van der Waals surface area contributed by atoms with E-state index in [9.17, 15) is 0 Å². The quantitative estimate of drug-likeness (QED) is 0.707. The molecule has 4 nitrogen and oxygen atoms in total. The molecule has 0 saturated carbocycles. The van der Waals surface area contributed by atoms with E-state index < -0.39 is 0 Å². The molecule has 0 aliphatic rings. The van der Waals surface area contributed by atoms with Crippen molar-refractivity contribution < 1.29 is 0 Å². The Morgan fingerprint density at radius 2 is 1.88 bits per heavy atom. The van der Waals surface area contributed by atoms with Gasteiger partial charge in [-0.05, 0) is 62.3 Å². The summed E-state index contributed by atoms with van der Waals surface area (Å²) in [6.07, 6.45) is 0. The fourth-order valence-electron chi connectivity index (χ4n) is 2.81.